The van der Waals surface area contributed by atoms with Gasteiger partial charge in [-0.05, 0) is 29.0 Å². The van der Waals surface area contributed by atoms with Gasteiger partial charge < -0.3 is 5.73 Å². The van der Waals surface area contributed by atoms with Gasteiger partial charge in [0.25, 0.3) is 0 Å². The molecule has 1 unspecified atom stereocenters. The minimum atomic E-state index is -0.282. The molecule has 1 atom stereocenters. The lowest BCUT2D eigenvalue weighted by atomic mass is 9.84. The van der Waals surface area contributed by atoms with Gasteiger partial charge >= 0.3 is 0 Å². The summed E-state index contributed by atoms with van der Waals surface area (Å²) in [6, 6.07) is 6.04. The van der Waals surface area contributed by atoms with Gasteiger partial charge in [0.15, 0.2) is 0 Å². The first-order chi connectivity index (χ1) is 8.75. The van der Waals surface area contributed by atoms with E-state index in [0.29, 0.717) is 0 Å². The Balaban J connectivity index is 2.96. The molecule has 106 valence electrons. The third-order valence-electron chi connectivity index (χ3n) is 3.21. The molecule has 1 aromatic carbocycles. The van der Waals surface area contributed by atoms with Crippen LogP contribution in [0.3, 0.4) is 0 Å². The average Bonchev–Trinajstić information content (AvgIpc) is 2.27. The number of benzene rings is 1. The lowest BCUT2D eigenvalue weighted by molar-refractivity contribution is -0.122. The summed E-state index contributed by atoms with van der Waals surface area (Å²) >= 11 is 0. The molecule has 0 heterocycles. The van der Waals surface area contributed by atoms with E-state index in [0.717, 1.165) is 11.1 Å². The minimum absolute atomic E-state index is 0.0788. The van der Waals surface area contributed by atoms with Crippen LogP contribution in [0.1, 0.15) is 49.9 Å². The number of hydrogen-bond acceptors (Lipinski definition) is 3. The minimum Gasteiger partial charge on any atom is -0.324 e. The fourth-order valence-corrected chi connectivity index (χ4v) is 2.01. The molecule has 19 heavy (non-hydrogen) atoms. The number of hydrazine groups is 1. The van der Waals surface area contributed by atoms with Crippen molar-refractivity contribution in [1.82, 2.24) is 10.9 Å². The molecule has 0 saturated heterocycles. The summed E-state index contributed by atoms with van der Waals surface area (Å²) in [5, 5.41) is 0. The molecular formula is C15H25N3O. The summed E-state index contributed by atoms with van der Waals surface area (Å²) in [6.45, 7) is 8.53. The molecule has 0 fully saturated rings. The zero-order valence-corrected chi connectivity index (χ0v) is 12.5. The quantitative estimate of drug-likeness (QED) is 0.727. The van der Waals surface area contributed by atoms with E-state index < -0.39 is 0 Å². The molecule has 0 aliphatic rings. The van der Waals surface area contributed by atoms with E-state index in [1.807, 2.05) is 6.92 Å². The molecule has 0 aromatic heterocycles. The predicted octanol–water partition coefficient (Wildman–Crippen LogP) is 1.93. The van der Waals surface area contributed by atoms with Crippen LogP contribution in [0.2, 0.25) is 0 Å². The second-order valence-corrected chi connectivity index (χ2v) is 5.93. The van der Waals surface area contributed by atoms with E-state index in [9.17, 15) is 4.79 Å². The molecule has 0 bridgehead atoms. The first kappa shape index (κ1) is 15.7. The molecule has 1 aromatic rings. The van der Waals surface area contributed by atoms with Crippen molar-refractivity contribution >= 4 is 5.91 Å². The first-order valence-electron chi connectivity index (χ1n) is 6.58. The summed E-state index contributed by atoms with van der Waals surface area (Å²) in [5.74, 6) is -0.101. The Hall–Kier alpha value is -1.39. The number of nitrogens with two attached hydrogens (primary N) is 1. The van der Waals surface area contributed by atoms with Crippen molar-refractivity contribution in [2.24, 2.45) is 5.73 Å². The molecular weight excluding hydrogens is 238 g/mol. The van der Waals surface area contributed by atoms with Crippen LogP contribution < -0.4 is 16.6 Å². The van der Waals surface area contributed by atoms with Crippen LogP contribution >= 0.6 is 0 Å². The molecule has 0 spiro atoms. The number of rotatable bonds is 4. The maximum Gasteiger partial charge on any atom is 0.235 e. The highest BCUT2D eigenvalue weighted by atomic mass is 16.2. The number of carbonyl (C=O) groups excluding carboxylic acids is 1. The Kier molecular flexibility index (Phi) is 5.09. The summed E-state index contributed by atoms with van der Waals surface area (Å²) in [4.78, 5) is 11.6. The highest BCUT2D eigenvalue weighted by molar-refractivity contribution is 5.76. The zero-order valence-electron chi connectivity index (χ0n) is 12.5. The monoisotopic (exact) mass is 263 g/mol. The Morgan fingerprint density at radius 3 is 2.53 bits per heavy atom. The number of hydrogen-bond donors (Lipinski definition) is 3. The Morgan fingerprint density at radius 1 is 1.37 bits per heavy atom. The summed E-state index contributed by atoms with van der Waals surface area (Å²) < 4.78 is 0. The lowest BCUT2D eigenvalue weighted by Gasteiger charge is -2.22. The summed E-state index contributed by atoms with van der Waals surface area (Å²) in [6.07, 6.45) is 0.273. The van der Waals surface area contributed by atoms with Crippen LogP contribution in [0.5, 0.6) is 0 Å². The van der Waals surface area contributed by atoms with Crippen molar-refractivity contribution in [3.05, 3.63) is 34.9 Å². The predicted molar refractivity (Wildman–Crippen MR) is 78.6 cm³/mol. The van der Waals surface area contributed by atoms with Gasteiger partial charge in [-0.1, -0.05) is 39.0 Å². The molecule has 1 amide bonds. The van der Waals surface area contributed by atoms with Crippen molar-refractivity contribution in [2.45, 2.75) is 45.6 Å². The highest BCUT2D eigenvalue weighted by Crippen LogP contribution is 2.27. The highest BCUT2D eigenvalue weighted by Gasteiger charge is 2.18. The van der Waals surface area contributed by atoms with Gasteiger partial charge in [-0.15, -0.1) is 0 Å². The standard InChI is InChI=1S/C15H25N3O/c1-10-6-7-11(15(2,3)4)8-12(10)13(16)9-14(19)18-17-5/h6-8,13,17H,9,16H2,1-5H3,(H,18,19). The Bertz CT molecular complexity index is 449. The van der Waals surface area contributed by atoms with Gasteiger partial charge in [0, 0.05) is 19.5 Å². The van der Waals surface area contributed by atoms with E-state index in [4.69, 9.17) is 5.73 Å². The van der Waals surface area contributed by atoms with Gasteiger partial charge in [0.2, 0.25) is 5.91 Å². The van der Waals surface area contributed by atoms with Gasteiger partial charge in [-0.25, -0.2) is 5.43 Å². The van der Waals surface area contributed by atoms with Crippen molar-refractivity contribution in [3.63, 3.8) is 0 Å². The lowest BCUT2D eigenvalue weighted by Crippen LogP contribution is -2.36. The van der Waals surface area contributed by atoms with Crippen LogP contribution in [0.4, 0.5) is 0 Å². The number of nitrogens with one attached hydrogen (secondary N) is 2. The van der Waals surface area contributed by atoms with Gasteiger partial charge in [0.1, 0.15) is 0 Å². The topological polar surface area (TPSA) is 67.1 Å². The summed E-state index contributed by atoms with van der Waals surface area (Å²) in [5.41, 5.74) is 14.8. The van der Waals surface area contributed by atoms with Crippen molar-refractivity contribution < 1.29 is 4.79 Å². The van der Waals surface area contributed by atoms with Crippen LogP contribution in [-0.2, 0) is 10.2 Å². The summed E-state index contributed by atoms with van der Waals surface area (Å²) in [7, 11) is 1.66. The molecule has 4 heteroatoms. The van der Waals surface area contributed by atoms with Crippen LogP contribution in [0.15, 0.2) is 18.2 Å². The Morgan fingerprint density at radius 2 is 2.00 bits per heavy atom. The molecule has 0 aliphatic carbocycles. The Labute approximate surface area is 115 Å². The zero-order chi connectivity index (χ0) is 14.6. The second-order valence-electron chi connectivity index (χ2n) is 5.93. The van der Waals surface area contributed by atoms with E-state index in [1.165, 1.54) is 5.56 Å². The molecule has 0 aliphatic heterocycles. The van der Waals surface area contributed by atoms with Gasteiger partial charge in [-0.3, -0.25) is 10.2 Å². The second kappa shape index (κ2) is 6.17. The SMILES string of the molecule is CNNC(=O)CC(N)c1cc(C(C)(C)C)ccc1C. The number of aryl methyl sites for hydroxylation is 1. The van der Waals surface area contributed by atoms with Gasteiger partial charge in [0.05, 0.1) is 0 Å². The van der Waals surface area contributed by atoms with Crippen LogP contribution in [0, 0.1) is 6.92 Å². The maximum absolute atomic E-state index is 11.6. The third kappa shape index (κ3) is 4.33. The van der Waals surface area contributed by atoms with Crippen LogP contribution in [0.25, 0.3) is 0 Å². The number of carbonyl (C=O) groups is 1. The van der Waals surface area contributed by atoms with Crippen molar-refractivity contribution in [3.8, 4) is 0 Å². The largest absolute Gasteiger partial charge is 0.324 e. The van der Waals surface area contributed by atoms with E-state index in [2.05, 4.69) is 49.8 Å². The number of amides is 1. The van der Waals surface area contributed by atoms with Crippen molar-refractivity contribution in [1.29, 1.82) is 0 Å². The molecule has 4 N–H and O–H groups in total. The van der Waals surface area contributed by atoms with Crippen LogP contribution in [-0.4, -0.2) is 13.0 Å². The molecule has 0 saturated carbocycles. The fourth-order valence-electron chi connectivity index (χ4n) is 2.01. The molecule has 4 nitrogen and oxygen atoms in total. The average molecular weight is 263 g/mol. The van der Waals surface area contributed by atoms with E-state index in [1.54, 1.807) is 7.05 Å². The first-order valence-corrected chi connectivity index (χ1v) is 6.58. The van der Waals surface area contributed by atoms with E-state index >= 15 is 0 Å². The fraction of sp³-hybridized carbons (Fsp3) is 0.533. The molecule has 0 radical (unpaired) electrons. The molecule has 1 rings (SSSR count). The van der Waals surface area contributed by atoms with E-state index in [-0.39, 0.29) is 23.8 Å². The maximum atomic E-state index is 11.6. The normalized spacial score (nSPS) is 13.2. The third-order valence-corrected chi connectivity index (χ3v) is 3.21. The van der Waals surface area contributed by atoms with Gasteiger partial charge in [-0.2, -0.15) is 0 Å². The smallest absolute Gasteiger partial charge is 0.235 e. The van der Waals surface area contributed by atoms with Crippen molar-refractivity contribution in [2.75, 3.05) is 7.05 Å².